The van der Waals surface area contributed by atoms with Crippen molar-refractivity contribution in [2.45, 2.75) is 18.7 Å². The zero-order valence-corrected chi connectivity index (χ0v) is 13.5. The van der Waals surface area contributed by atoms with E-state index >= 15 is 0 Å². The molecule has 0 atom stereocenters. The van der Waals surface area contributed by atoms with Crippen LogP contribution in [-0.2, 0) is 14.8 Å². The molecule has 0 aromatic heterocycles. The number of aryl methyl sites for hydroxylation is 2. The first kappa shape index (κ1) is 15.4. The van der Waals surface area contributed by atoms with E-state index < -0.39 is 10.0 Å². The molecule has 3 rings (SSSR count). The normalized spacial score (nSPS) is 13.7. The Hall–Kier alpha value is -2.54. The number of ether oxygens (including phenoxy) is 1. The van der Waals surface area contributed by atoms with Crippen molar-refractivity contribution in [2.75, 3.05) is 16.6 Å². The third-order valence-electron chi connectivity index (χ3n) is 3.68. The summed E-state index contributed by atoms with van der Waals surface area (Å²) >= 11 is 0. The minimum atomic E-state index is -3.76. The summed E-state index contributed by atoms with van der Waals surface area (Å²) in [5.74, 6) is 0.111. The van der Waals surface area contributed by atoms with Crippen LogP contribution in [-0.4, -0.2) is 20.9 Å². The van der Waals surface area contributed by atoms with Crippen LogP contribution >= 0.6 is 0 Å². The van der Waals surface area contributed by atoms with E-state index in [9.17, 15) is 13.2 Å². The van der Waals surface area contributed by atoms with Gasteiger partial charge in [-0.15, -0.1) is 0 Å². The van der Waals surface area contributed by atoms with Crippen LogP contribution in [0.3, 0.4) is 0 Å². The number of hydrogen-bond donors (Lipinski definition) is 2. The van der Waals surface area contributed by atoms with Crippen molar-refractivity contribution in [2.24, 2.45) is 0 Å². The molecule has 2 N–H and O–H groups in total. The molecule has 0 spiro atoms. The Morgan fingerprint density at radius 1 is 1.13 bits per heavy atom. The Morgan fingerprint density at radius 2 is 1.91 bits per heavy atom. The SMILES string of the molecule is Cc1ccc(S(=O)(=O)Nc2cccc3c2NC(=O)CO3)cc1C. The minimum Gasteiger partial charge on any atom is -0.481 e. The van der Waals surface area contributed by atoms with Crippen LogP contribution in [0.25, 0.3) is 0 Å². The molecule has 0 aliphatic carbocycles. The Bertz CT molecular complexity index is 891. The number of fused-ring (bicyclic) bond motifs is 1. The fourth-order valence-electron chi connectivity index (χ4n) is 2.27. The number of carbonyl (C=O) groups excluding carboxylic acids is 1. The lowest BCUT2D eigenvalue weighted by molar-refractivity contribution is -0.118. The number of amides is 1. The average Bonchev–Trinajstić information content (AvgIpc) is 2.50. The zero-order chi connectivity index (χ0) is 16.6. The van der Waals surface area contributed by atoms with Gasteiger partial charge in [-0.3, -0.25) is 9.52 Å². The Balaban J connectivity index is 1.98. The lowest BCUT2D eigenvalue weighted by atomic mass is 10.1. The summed E-state index contributed by atoms with van der Waals surface area (Å²) in [5, 5.41) is 2.63. The molecule has 23 heavy (non-hydrogen) atoms. The summed E-state index contributed by atoms with van der Waals surface area (Å²) in [7, 11) is -3.76. The molecule has 1 amide bonds. The van der Waals surface area contributed by atoms with Gasteiger partial charge in [0.25, 0.3) is 15.9 Å². The summed E-state index contributed by atoms with van der Waals surface area (Å²) < 4.78 is 32.9. The zero-order valence-electron chi connectivity index (χ0n) is 12.7. The highest BCUT2D eigenvalue weighted by molar-refractivity contribution is 7.92. The van der Waals surface area contributed by atoms with E-state index in [1.807, 2.05) is 13.8 Å². The van der Waals surface area contributed by atoms with Crippen molar-refractivity contribution in [1.29, 1.82) is 0 Å². The molecule has 1 aliphatic heterocycles. The van der Waals surface area contributed by atoms with Gasteiger partial charge < -0.3 is 10.1 Å². The molecule has 7 heteroatoms. The number of anilines is 2. The van der Waals surface area contributed by atoms with Crippen molar-refractivity contribution in [1.82, 2.24) is 0 Å². The van der Waals surface area contributed by atoms with Crippen LogP contribution in [0.15, 0.2) is 41.3 Å². The highest BCUT2D eigenvalue weighted by Crippen LogP contribution is 2.36. The van der Waals surface area contributed by atoms with Gasteiger partial charge in [0.15, 0.2) is 6.61 Å². The molecule has 1 heterocycles. The molecule has 1 aliphatic rings. The molecular weight excluding hydrogens is 316 g/mol. The molecule has 0 bridgehead atoms. The van der Waals surface area contributed by atoms with Gasteiger partial charge >= 0.3 is 0 Å². The van der Waals surface area contributed by atoms with Crippen LogP contribution in [0.2, 0.25) is 0 Å². The van der Waals surface area contributed by atoms with E-state index in [0.29, 0.717) is 11.4 Å². The predicted octanol–water partition coefficient (Wildman–Crippen LogP) is 2.44. The lowest BCUT2D eigenvalue weighted by Crippen LogP contribution is -2.26. The maximum absolute atomic E-state index is 12.6. The van der Waals surface area contributed by atoms with Crippen molar-refractivity contribution in [3.63, 3.8) is 0 Å². The van der Waals surface area contributed by atoms with E-state index in [-0.39, 0.29) is 23.1 Å². The van der Waals surface area contributed by atoms with E-state index in [1.165, 1.54) is 0 Å². The summed E-state index contributed by atoms with van der Waals surface area (Å²) in [4.78, 5) is 11.7. The van der Waals surface area contributed by atoms with Crippen LogP contribution in [0, 0.1) is 13.8 Å². The molecule has 2 aromatic rings. The van der Waals surface area contributed by atoms with Crippen molar-refractivity contribution < 1.29 is 17.9 Å². The first-order valence-corrected chi connectivity index (χ1v) is 8.51. The first-order chi connectivity index (χ1) is 10.9. The fourth-order valence-corrected chi connectivity index (χ4v) is 3.43. The third kappa shape index (κ3) is 3.00. The van der Waals surface area contributed by atoms with Gasteiger partial charge in [0, 0.05) is 0 Å². The quantitative estimate of drug-likeness (QED) is 0.904. The second-order valence-electron chi connectivity index (χ2n) is 5.37. The van der Waals surface area contributed by atoms with E-state index in [1.54, 1.807) is 36.4 Å². The molecule has 2 aromatic carbocycles. The predicted molar refractivity (Wildman–Crippen MR) is 87.3 cm³/mol. The smallest absolute Gasteiger partial charge is 0.262 e. The first-order valence-electron chi connectivity index (χ1n) is 7.02. The van der Waals surface area contributed by atoms with Gasteiger partial charge in [-0.1, -0.05) is 12.1 Å². The molecule has 0 unspecified atom stereocenters. The second-order valence-corrected chi connectivity index (χ2v) is 7.05. The Kier molecular flexibility index (Phi) is 3.73. The number of rotatable bonds is 3. The van der Waals surface area contributed by atoms with Crippen molar-refractivity contribution in [3.05, 3.63) is 47.5 Å². The number of benzene rings is 2. The fraction of sp³-hybridized carbons (Fsp3) is 0.188. The molecule has 0 saturated heterocycles. The summed E-state index contributed by atoms with van der Waals surface area (Å²) in [6.45, 7) is 3.69. The van der Waals surface area contributed by atoms with Crippen LogP contribution in [0.4, 0.5) is 11.4 Å². The number of nitrogens with one attached hydrogen (secondary N) is 2. The van der Waals surface area contributed by atoms with Gasteiger partial charge in [0.1, 0.15) is 11.4 Å². The average molecular weight is 332 g/mol. The summed E-state index contributed by atoms with van der Waals surface area (Å²) in [5.41, 5.74) is 2.51. The van der Waals surface area contributed by atoms with Gasteiger partial charge in [-0.2, -0.15) is 0 Å². The standard InChI is InChI=1S/C16H16N2O4S/c1-10-6-7-12(8-11(10)2)23(20,21)18-13-4-3-5-14-16(13)17-15(19)9-22-14/h3-8,18H,9H2,1-2H3,(H,17,19). The molecule has 0 saturated carbocycles. The highest BCUT2D eigenvalue weighted by Gasteiger charge is 2.22. The number of para-hydroxylation sites is 1. The number of carbonyl (C=O) groups is 1. The summed E-state index contributed by atoms with van der Waals surface area (Å²) in [6, 6.07) is 9.83. The largest absolute Gasteiger partial charge is 0.481 e. The molecule has 0 fully saturated rings. The number of hydrogen-bond acceptors (Lipinski definition) is 4. The molecule has 120 valence electrons. The van der Waals surface area contributed by atoms with Gasteiger partial charge in [-0.25, -0.2) is 8.42 Å². The lowest BCUT2D eigenvalue weighted by Gasteiger charge is -2.21. The maximum Gasteiger partial charge on any atom is 0.262 e. The molecule has 0 radical (unpaired) electrons. The van der Waals surface area contributed by atoms with Crippen LogP contribution in [0.1, 0.15) is 11.1 Å². The Morgan fingerprint density at radius 3 is 2.65 bits per heavy atom. The van der Waals surface area contributed by atoms with Crippen molar-refractivity contribution in [3.8, 4) is 5.75 Å². The third-order valence-corrected chi connectivity index (χ3v) is 5.05. The van der Waals surface area contributed by atoms with E-state index in [0.717, 1.165) is 11.1 Å². The van der Waals surface area contributed by atoms with Crippen LogP contribution < -0.4 is 14.8 Å². The van der Waals surface area contributed by atoms with E-state index in [2.05, 4.69) is 10.0 Å². The number of sulfonamides is 1. The van der Waals surface area contributed by atoms with Crippen molar-refractivity contribution >= 4 is 27.3 Å². The second kappa shape index (κ2) is 5.58. The Labute approximate surface area is 134 Å². The molecule has 6 nitrogen and oxygen atoms in total. The maximum atomic E-state index is 12.6. The van der Waals surface area contributed by atoms with Gasteiger partial charge in [0.2, 0.25) is 0 Å². The van der Waals surface area contributed by atoms with E-state index in [4.69, 9.17) is 4.74 Å². The topological polar surface area (TPSA) is 84.5 Å². The minimum absolute atomic E-state index is 0.0830. The van der Waals surface area contributed by atoms with Gasteiger partial charge in [0.05, 0.1) is 10.6 Å². The van der Waals surface area contributed by atoms with Crippen LogP contribution in [0.5, 0.6) is 5.75 Å². The molecular formula is C16H16N2O4S. The van der Waals surface area contributed by atoms with Gasteiger partial charge in [-0.05, 0) is 49.2 Å². The summed E-state index contributed by atoms with van der Waals surface area (Å²) in [6.07, 6.45) is 0. The monoisotopic (exact) mass is 332 g/mol. The highest BCUT2D eigenvalue weighted by atomic mass is 32.2.